The van der Waals surface area contributed by atoms with Crippen LogP contribution in [0.4, 0.5) is 4.39 Å². The van der Waals surface area contributed by atoms with E-state index in [2.05, 4.69) is 0 Å². The van der Waals surface area contributed by atoms with Crippen LogP contribution in [0.15, 0.2) is 18.2 Å². The third kappa shape index (κ3) is 4.35. The van der Waals surface area contributed by atoms with E-state index in [9.17, 15) is 14.0 Å². The molecule has 3 atom stereocenters. The highest BCUT2D eigenvalue weighted by Gasteiger charge is 2.39. The van der Waals surface area contributed by atoms with Gasteiger partial charge in [-0.2, -0.15) is 0 Å². The van der Waals surface area contributed by atoms with Crippen molar-refractivity contribution in [1.82, 2.24) is 4.90 Å². The first-order chi connectivity index (χ1) is 12.5. The van der Waals surface area contributed by atoms with E-state index in [1.807, 2.05) is 4.90 Å². The van der Waals surface area contributed by atoms with Gasteiger partial charge < -0.3 is 14.7 Å². The van der Waals surface area contributed by atoms with Crippen molar-refractivity contribution in [2.24, 2.45) is 11.8 Å². The Morgan fingerprint density at radius 2 is 2.15 bits per heavy atom. The summed E-state index contributed by atoms with van der Waals surface area (Å²) >= 11 is 5.74. The molecule has 1 amide bonds. The summed E-state index contributed by atoms with van der Waals surface area (Å²) < 4.78 is 19.5. The van der Waals surface area contributed by atoms with E-state index in [4.69, 9.17) is 21.4 Å². The molecule has 2 saturated heterocycles. The molecule has 142 valence electrons. The number of carboxylic acids is 1. The summed E-state index contributed by atoms with van der Waals surface area (Å²) in [5.41, 5.74) is 0.627. The second-order valence-corrected chi connectivity index (χ2v) is 7.49. The number of carbonyl (C=O) groups excluding carboxylic acids is 1. The number of carboxylic acid groups (broad SMARTS) is 1. The molecule has 1 aromatic carbocycles. The van der Waals surface area contributed by atoms with Crippen LogP contribution in [0.2, 0.25) is 5.02 Å². The highest BCUT2D eigenvalue weighted by atomic mass is 35.5. The Labute approximate surface area is 157 Å². The third-order valence-electron chi connectivity index (χ3n) is 5.28. The molecule has 0 saturated carbocycles. The van der Waals surface area contributed by atoms with Gasteiger partial charge in [0.2, 0.25) is 5.91 Å². The van der Waals surface area contributed by atoms with E-state index in [-0.39, 0.29) is 29.2 Å². The van der Waals surface area contributed by atoms with Gasteiger partial charge in [0, 0.05) is 26.1 Å². The van der Waals surface area contributed by atoms with Crippen LogP contribution in [-0.4, -0.2) is 41.6 Å². The Balaban J connectivity index is 1.67. The highest BCUT2D eigenvalue weighted by molar-refractivity contribution is 6.30. The van der Waals surface area contributed by atoms with Crippen LogP contribution >= 0.6 is 11.6 Å². The Morgan fingerprint density at radius 1 is 1.35 bits per heavy atom. The molecule has 0 aliphatic carbocycles. The molecule has 0 aromatic heterocycles. The van der Waals surface area contributed by atoms with Crippen LogP contribution in [0, 0.1) is 17.7 Å². The number of amides is 1. The average molecular weight is 384 g/mol. The smallest absolute Gasteiger partial charge is 0.303 e. The van der Waals surface area contributed by atoms with Gasteiger partial charge in [-0.1, -0.05) is 17.7 Å². The molecule has 0 bridgehead atoms. The van der Waals surface area contributed by atoms with Crippen molar-refractivity contribution in [3.8, 4) is 0 Å². The van der Waals surface area contributed by atoms with Crippen LogP contribution in [0.1, 0.15) is 43.8 Å². The maximum absolute atomic E-state index is 13.8. The van der Waals surface area contributed by atoms with Crippen LogP contribution in [0.5, 0.6) is 0 Å². The standard InChI is InChI=1S/C19H23ClFNO4/c20-15-5-4-13(10-16(15)21)18-14(7-9-26-18)19(25)22-8-1-2-12(11-22)3-6-17(23)24/h4-5,10,12,14,18H,1-3,6-9,11H2,(H,23,24)/t12?,14-,18+/m1/s1. The van der Waals surface area contributed by atoms with E-state index >= 15 is 0 Å². The van der Waals surface area contributed by atoms with Crippen LogP contribution in [0.25, 0.3) is 0 Å². The number of nitrogens with zero attached hydrogens (tertiary/aromatic N) is 1. The summed E-state index contributed by atoms with van der Waals surface area (Å²) in [6, 6.07) is 4.52. The zero-order valence-electron chi connectivity index (χ0n) is 14.5. The number of piperidine rings is 1. The molecule has 2 heterocycles. The zero-order chi connectivity index (χ0) is 18.7. The lowest BCUT2D eigenvalue weighted by Gasteiger charge is -2.35. The summed E-state index contributed by atoms with van der Waals surface area (Å²) in [6.45, 7) is 1.73. The van der Waals surface area contributed by atoms with E-state index in [1.165, 1.54) is 12.1 Å². The fraction of sp³-hybridized carbons (Fsp3) is 0.579. The molecule has 3 rings (SSSR count). The number of likely N-dealkylation sites (tertiary alicyclic amines) is 1. The Bertz CT molecular complexity index is 684. The van der Waals surface area contributed by atoms with Gasteiger partial charge in [0.25, 0.3) is 0 Å². The number of aliphatic carboxylic acids is 1. The first kappa shape index (κ1) is 19.1. The van der Waals surface area contributed by atoms with E-state index < -0.39 is 17.9 Å². The van der Waals surface area contributed by atoms with Gasteiger partial charge in [-0.25, -0.2) is 4.39 Å². The van der Waals surface area contributed by atoms with E-state index in [0.717, 1.165) is 12.8 Å². The number of benzene rings is 1. The summed E-state index contributed by atoms with van der Waals surface area (Å²) in [7, 11) is 0. The Kier molecular flexibility index (Phi) is 6.14. The second-order valence-electron chi connectivity index (χ2n) is 7.09. The minimum Gasteiger partial charge on any atom is -0.481 e. The SMILES string of the molecule is O=C(O)CCC1CCCN(C(=O)[C@@H]2CCO[C@H]2c2ccc(Cl)c(F)c2)C1. The number of carbonyl (C=O) groups is 2. The van der Waals surface area contributed by atoms with Crippen molar-refractivity contribution < 1.29 is 23.8 Å². The molecule has 2 aliphatic heterocycles. The van der Waals surface area contributed by atoms with Gasteiger partial charge in [-0.3, -0.25) is 9.59 Å². The molecule has 1 unspecified atom stereocenters. The van der Waals surface area contributed by atoms with E-state index in [0.29, 0.717) is 38.1 Å². The number of halogens is 2. The lowest BCUT2D eigenvalue weighted by atomic mass is 9.90. The largest absolute Gasteiger partial charge is 0.481 e. The number of ether oxygens (including phenoxy) is 1. The minimum absolute atomic E-state index is 0.0166. The van der Waals surface area contributed by atoms with Gasteiger partial charge in [-0.15, -0.1) is 0 Å². The molecule has 1 N–H and O–H groups in total. The van der Waals surface area contributed by atoms with Crippen molar-refractivity contribution in [1.29, 1.82) is 0 Å². The molecule has 26 heavy (non-hydrogen) atoms. The normalized spacial score (nSPS) is 26.1. The number of hydrogen-bond acceptors (Lipinski definition) is 3. The van der Waals surface area contributed by atoms with Crippen molar-refractivity contribution in [2.45, 2.75) is 38.2 Å². The molecular weight excluding hydrogens is 361 g/mol. The molecule has 7 heteroatoms. The molecule has 1 aromatic rings. The maximum Gasteiger partial charge on any atom is 0.303 e. The summed E-state index contributed by atoms with van der Waals surface area (Å²) in [5, 5.41) is 8.91. The third-order valence-corrected chi connectivity index (χ3v) is 5.58. The predicted molar refractivity (Wildman–Crippen MR) is 94.4 cm³/mol. The van der Waals surface area contributed by atoms with Gasteiger partial charge in [0.1, 0.15) is 5.82 Å². The molecule has 2 aliphatic rings. The predicted octanol–water partition coefficient (Wildman–Crippen LogP) is 3.66. The molecule has 0 radical (unpaired) electrons. The lowest BCUT2D eigenvalue weighted by molar-refractivity contribution is -0.139. The van der Waals surface area contributed by atoms with E-state index in [1.54, 1.807) is 6.07 Å². The van der Waals surface area contributed by atoms with Crippen LogP contribution in [0.3, 0.4) is 0 Å². The van der Waals surface area contributed by atoms with Crippen molar-refractivity contribution >= 4 is 23.5 Å². The zero-order valence-corrected chi connectivity index (χ0v) is 15.3. The Morgan fingerprint density at radius 3 is 2.88 bits per heavy atom. The van der Waals surface area contributed by atoms with Crippen LogP contribution in [-0.2, 0) is 14.3 Å². The fourth-order valence-electron chi connectivity index (χ4n) is 3.92. The minimum atomic E-state index is -0.803. The van der Waals surface area contributed by atoms with Crippen molar-refractivity contribution in [3.05, 3.63) is 34.6 Å². The summed E-state index contributed by atoms with van der Waals surface area (Å²) in [4.78, 5) is 25.6. The van der Waals surface area contributed by atoms with Gasteiger partial charge in [0.15, 0.2) is 0 Å². The van der Waals surface area contributed by atoms with Gasteiger partial charge >= 0.3 is 5.97 Å². The molecule has 2 fully saturated rings. The number of hydrogen-bond donors (Lipinski definition) is 1. The van der Waals surface area contributed by atoms with Crippen molar-refractivity contribution in [3.63, 3.8) is 0 Å². The lowest BCUT2D eigenvalue weighted by Crippen LogP contribution is -2.43. The molecular formula is C19H23ClFNO4. The number of rotatable bonds is 5. The van der Waals surface area contributed by atoms with Crippen LogP contribution < -0.4 is 0 Å². The Hall–Kier alpha value is -1.66. The first-order valence-corrected chi connectivity index (χ1v) is 9.40. The average Bonchev–Trinajstić information content (AvgIpc) is 3.11. The van der Waals surface area contributed by atoms with Gasteiger partial charge in [-0.05, 0) is 49.3 Å². The summed E-state index contributed by atoms with van der Waals surface area (Å²) in [5.74, 6) is -1.42. The highest BCUT2D eigenvalue weighted by Crippen LogP contribution is 2.37. The molecule has 0 spiro atoms. The monoisotopic (exact) mass is 383 g/mol. The first-order valence-electron chi connectivity index (χ1n) is 9.03. The quantitative estimate of drug-likeness (QED) is 0.842. The fourth-order valence-corrected chi connectivity index (χ4v) is 4.04. The topological polar surface area (TPSA) is 66.8 Å². The van der Waals surface area contributed by atoms with Gasteiger partial charge in [0.05, 0.1) is 17.0 Å². The summed E-state index contributed by atoms with van der Waals surface area (Å²) in [6.07, 6.45) is 2.68. The van der Waals surface area contributed by atoms with Crippen molar-refractivity contribution in [2.75, 3.05) is 19.7 Å². The second kappa shape index (κ2) is 8.35. The maximum atomic E-state index is 13.8. The molecule has 5 nitrogen and oxygen atoms in total.